The average Bonchev–Trinajstić information content (AvgIpc) is 3.93. The summed E-state index contributed by atoms with van der Waals surface area (Å²) in [6.45, 7) is 1.70. The minimum Gasteiger partial charge on any atom is -0.380 e. The van der Waals surface area contributed by atoms with E-state index in [0.717, 1.165) is 6.07 Å². The Labute approximate surface area is 280 Å². The van der Waals surface area contributed by atoms with E-state index in [1.165, 1.54) is 15.2 Å². The van der Waals surface area contributed by atoms with Crippen LogP contribution >= 0.6 is 0 Å². The number of pyridine rings is 1. The number of hydrogen-bond donors (Lipinski definition) is 2. The van der Waals surface area contributed by atoms with Gasteiger partial charge in [-0.3, -0.25) is 9.59 Å². The number of aromatic nitrogens is 4. The molecule has 3 N–H and O–H groups in total. The fraction of sp³-hybridized carbons (Fsp3) is 0.543. The van der Waals surface area contributed by atoms with Gasteiger partial charge in [0.15, 0.2) is 5.82 Å². The minimum absolute atomic E-state index is 0.00108. The molecule has 8 rings (SSSR count). The number of nitrogens with one attached hydrogen (secondary N) is 1. The lowest BCUT2D eigenvalue weighted by Crippen LogP contribution is -2.53. The summed E-state index contributed by atoms with van der Waals surface area (Å²) in [7, 11) is 1.57. The van der Waals surface area contributed by atoms with Gasteiger partial charge in [0.25, 0.3) is 11.8 Å². The molecule has 3 aromatic heterocycles. The number of nitrogens with zero attached hydrogens (tertiary/aromatic N) is 5. The van der Waals surface area contributed by atoms with Gasteiger partial charge in [-0.15, -0.1) is 0 Å². The molecule has 260 valence electrons. The van der Waals surface area contributed by atoms with Crippen LogP contribution in [0.1, 0.15) is 73.6 Å². The van der Waals surface area contributed by atoms with Gasteiger partial charge >= 0.3 is 0 Å². The molecule has 7 atom stereocenters. The molecule has 4 aromatic rings. The third kappa shape index (κ3) is 5.76. The number of ether oxygens (including phenoxy) is 1. The number of fused-ring (bicyclic) bond motifs is 3. The molecular weight excluding hydrogens is 642 g/mol. The molecule has 1 saturated heterocycles. The number of methoxy groups -OCH3 is 1. The molecule has 2 amide bonds. The van der Waals surface area contributed by atoms with Crippen LogP contribution in [0.4, 0.5) is 17.6 Å². The lowest BCUT2D eigenvalue weighted by atomic mass is 10.0. The van der Waals surface area contributed by atoms with Crippen LogP contribution in [0.3, 0.4) is 0 Å². The zero-order valence-corrected chi connectivity index (χ0v) is 27.3. The van der Waals surface area contributed by atoms with Crippen molar-refractivity contribution >= 4 is 33.9 Å². The smallest absolute Gasteiger partial charge is 0.265 e. The van der Waals surface area contributed by atoms with Crippen LogP contribution in [0.25, 0.3) is 33.6 Å². The number of halogens is 4. The zero-order valence-electron chi connectivity index (χ0n) is 27.3. The summed E-state index contributed by atoms with van der Waals surface area (Å²) in [4.78, 5) is 37.4. The van der Waals surface area contributed by atoms with Crippen molar-refractivity contribution in [1.29, 1.82) is 0 Å². The number of piperidine rings is 1. The number of alkyl halides is 3. The van der Waals surface area contributed by atoms with Crippen molar-refractivity contribution in [1.82, 2.24) is 29.3 Å². The van der Waals surface area contributed by atoms with Gasteiger partial charge in [0.2, 0.25) is 5.91 Å². The fourth-order valence-corrected chi connectivity index (χ4v) is 7.79. The SMILES string of the molecule is CO[C@@H]1CCN(C(=O)c2cc(F)c3c(c2)nc(-c2cc4ccc5nc4n2CC(F)(F)CCC[C@@H]2C[C@H]2C(=O)N[C@@H]5C)n3[C@H]2C[C@@H]2F)C[C@@H]1N. The van der Waals surface area contributed by atoms with Gasteiger partial charge in [0.05, 0.1) is 41.6 Å². The molecular formula is C35H39F4N7O3. The van der Waals surface area contributed by atoms with Crippen molar-refractivity contribution in [2.24, 2.45) is 17.6 Å². The van der Waals surface area contributed by atoms with Crippen LogP contribution in [0.5, 0.6) is 0 Å². The molecule has 2 bridgehead atoms. The number of hydrogen-bond acceptors (Lipinski definition) is 6. The number of carbonyl (C=O) groups excluding carboxylic acids is 2. The first-order valence-electron chi connectivity index (χ1n) is 17.0. The number of imidazole rings is 1. The van der Waals surface area contributed by atoms with E-state index in [2.05, 4.69) is 5.32 Å². The van der Waals surface area contributed by atoms with E-state index in [9.17, 15) is 14.0 Å². The molecule has 3 fully saturated rings. The van der Waals surface area contributed by atoms with Crippen LogP contribution in [0.15, 0.2) is 30.3 Å². The number of rotatable bonds is 4. The monoisotopic (exact) mass is 681 g/mol. The van der Waals surface area contributed by atoms with E-state index in [4.69, 9.17) is 20.4 Å². The maximum Gasteiger partial charge on any atom is 0.265 e. The van der Waals surface area contributed by atoms with Gasteiger partial charge in [0, 0.05) is 56.0 Å². The fourth-order valence-electron chi connectivity index (χ4n) is 7.79. The van der Waals surface area contributed by atoms with Crippen molar-refractivity contribution in [2.75, 3.05) is 20.2 Å². The van der Waals surface area contributed by atoms with Gasteiger partial charge in [-0.1, -0.05) is 0 Å². The molecule has 0 unspecified atom stereocenters. The van der Waals surface area contributed by atoms with Crippen LogP contribution in [0.2, 0.25) is 0 Å². The molecule has 0 radical (unpaired) electrons. The first-order chi connectivity index (χ1) is 23.4. The van der Waals surface area contributed by atoms with Gasteiger partial charge in [-0.25, -0.2) is 27.5 Å². The third-order valence-electron chi connectivity index (χ3n) is 10.7. The number of amides is 2. The van der Waals surface area contributed by atoms with Crippen LogP contribution in [-0.4, -0.2) is 80.3 Å². The second kappa shape index (κ2) is 11.8. The molecule has 4 aliphatic rings. The topological polar surface area (TPSA) is 120 Å². The summed E-state index contributed by atoms with van der Waals surface area (Å²) in [5.74, 6) is -4.38. The standard InChI is InChI=1S/C35H39F4N7O3/c1-17-25-6-5-19-13-28(45(31(19)42-25)16-35(38,39)8-3-4-18-10-21(18)33(47)41-17)32-43-26-12-20(11-23(37)30(26)46(32)27-14-22(27)36)34(48)44-9-7-29(49-2)24(40)15-44/h5-6,11-13,17-18,21-22,24,27,29H,3-4,7-10,14-16,40H2,1-2H3,(H,41,47)/t17-,18-,21-,22+,24+,27+,29-/m1/s1. The third-order valence-corrected chi connectivity index (χ3v) is 10.7. The lowest BCUT2D eigenvalue weighted by Gasteiger charge is -2.35. The first-order valence-corrected chi connectivity index (χ1v) is 17.0. The predicted octanol–water partition coefficient (Wildman–Crippen LogP) is 5.30. The molecule has 5 heterocycles. The minimum atomic E-state index is -3.14. The summed E-state index contributed by atoms with van der Waals surface area (Å²) < 4.78 is 70.7. The number of carbonyl (C=O) groups is 2. The highest BCUT2D eigenvalue weighted by atomic mass is 19.3. The molecule has 2 aliphatic heterocycles. The number of likely N-dealkylation sites (tertiary alicyclic amines) is 1. The summed E-state index contributed by atoms with van der Waals surface area (Å²) in [5, 5.41) is 3.57. The molecule has 14 heteroatoms. The van der Waals surface area contributed by atoms with Crippen LogP contribution in [-0.2, 0) is 16.1 Å². The summed E-state index contributed by atoms with van der Waals surface area (Å²) >= 11 is 0. The summed E-state index contributed by atoms with van der Waals surface area (Å²) in [6.07, 6.45) is 0.276. The molecule has 2 saturated carbocycles. The zero-order chi connectivity index (χ0) is 34.4. The number of nitrogens with two attached hydrogens (primary N) is 1. The lowest BCUT2D eigenvalue weighted by molar-refractivity contribution is -0.123. The molecule has 0 spiro atoms. The number of benzene rings is 1. The van der Waals surface area contributed by atoms with E-state index in [1.54, 1.807) is 37.1 Å². The van der Waals surface area contributed by atoms with E-state index in [-0.39, 0.29) is 83.4 Å². The van der Waals surface area contributed by atoms with Crippen molar-refractivity contribution in [2.45, 2.75) is 88.3 Å². The van der Waals surface area contributed by atoms with Gasteiger partial charge in [-0.2, -0.15) is 0 Å². The summed E-state index contributed by atoms with van der Waals surface area (Å²) in [5.41, 5.74) is 7.38. The molecule has 10 nitrogen and oxygen atoms in total. The van der Waals surface area contributed by atoms with Crippen molar-refractivity contribution in [3.8, 4) is 11.5 Å². The van der Waals surface area contributed by atoms with Crippen LogP contribution < -0.4 is 11.1 Å². The Kier molecular flexibility index (Phi) is 7.74. The second-order valence-electron chi connectivity index (χ2n) is 14.3. The van der Waals surface area contributed by atoms with Gasteiger partial charge < -0.3 is 29.8 Å². The van der Waals surface area contributed by atoms with Crippen molar-refractivity contribution < 1.29 is 31.9 Å². The Morgan fingerprint density at radius 2 is 1.94 bits per heavy atom. The second-order valence-corrected chi connectivity index (χ2v) is 14.3. The highest BCUT2D eigenvalue weighted by Gasteiger charge is 2.45. The van der Waals surface area contributed by atoms with E-state index in [1.807, 2.05) is 0 Å². The normalized spacial score (nSPS) is 29.9. The highest BCUT2D eigenvalue weighted by Crippen LogP contribution is 2.47. The van der Waals surface area contributed by atoms with E-state index >= 15 is 13.2 Å². The predicted molar refractivity (Wildman–Crippen MR) is 173 cm³/mol. The molecule has 49 heavy (non-hydrogen) atoms. The maximum atomic E-state index is 16.1. The molecule has 2 aliphatic carbocycles. The van der Waals surface area contributed by atoms with E-state index in [0.29, 0.717) is 36.9 Å². The van der Waals surface area contributed by atoms with Crippen molar-refractivity contribution in [3.05, 3.63) is 47.4 Å². The largest absolute Gasteiger partial charge is 0.380 e. The van der Waals surface area contributed by atoms with Crippen LogP contribution in [0, 0.1) is 17.7 Å². The Bertz CT molecular complexity index is 1980. The Morgan fingerprint density at radius 3 is 2.67 bits per heavy atom. The Morgan fingerprint density at radius 1 is 1.14 bits per heavy atom. The Hall–Kier alpha value is -4.04. The van der Waals surface area contributed by atoms with Gasteiger partial charge in [0.1, 0.15) is 23.2 Å². The first kappa shape index (κ1) is 32.2. The van der Waals surface area contributed by atoms with Crippen molar-refractivity contribution in [3.63, 3.8) is 0 Å². The summed E-state index contributed by atoms with van der Waals surface area (Å²) in [6, 6.07) is 6.14. The average molecular weight is 682 g/mol. The quantitative estimate of drug-likeness (QED) is 0.283. The Balaban J connectivity index is 1.24. The highest BCUT2D eigenvalue weighted by molar-refractivity contribution is 5.98. The maximum absolute atomic E-state index is 16.1. The van der Waals surface area contributed by atoms with Gasteiger partial charge in [-0.05, 0) is 68.9 Å². The van der Waals surface area contributed by atoms with E-state index < -0.39 is 48.5 Å². The molecule has 1 aromatic carbocycles.